The Morgan fingerprint density at radius 1 is 1.35 bits per heavy atom. The molecule has 0 spiro atoms. The predicted octanol–water partition coefficient (Wildman–Crippen LogP) is 0.950. The van der Waals surface area contributed by atoms with Gasteiger partial charge in [-0.1, -0.05) is 6.92 Å². The molecule has 0 radical (unpaired) electrons. The number of anilines is 1. The molecule has 20 heavy (non-hydrogen) atoms. The van der Waals surface area contributed by atoms with Crippen molar-refractivity contribution in [3.63, 3.8) is 0 Å². The first-order valence-electron chi connectivity index (χ1n) is 6.46. The van der Waals surface area contributed by atoms with Crippen molar-refractivity contribution in [3.8, 4) is 0 Å². The molecule has 1 unspecified atom stereocenters. The van der Waals surface area contributed by atoms with Crippen LogP contribution in [0.3, 0.4) is 0 Å². The van der Waals surface area contributed by atoms with E-state index < -0.39 is 20.8 Å². The van der Waals surface area contributed by atoms with Crippen LogP contribution in [0, 0.1) is 0 Å². The van der Waals surface area contributed by atoms with Crippen LogP contribution < -0.4 is 10.0 Å². The molecule has 114 valence electrons. The largest absolute Gasteiger partial charge is 0.383 e. The highest BCUT2D eigenvalue weighted by molar-refractivity contribution is 7.89. The van der Waals surface area contributed by atoms with E-state index in [9.17, 15) is 12.6 Å². The van der Waals surface area contributed by atoms with Crippen molar-refractivity contribution >= 4 is 26.5 Å². The van der Waals surface area contributed by atoms with Gasteiger partial charge in [0.1, 0.15) is 0 Å². The van der Waals surface area contributed by atoms with Gasteiger partial charge >= 0.3 is 0 Å². The molecule has 0 fully saturated rings. The second-order valence-corrected chi connectivity index (χ2v) is 7.55. The fraction of sp³-hybridized carbons (Fsp3) is 0.583. The van der Waals surface area contributed by atoms with Gasteiger partial charge < -0.3 is 5.32 Å². The molecule has 1 aromatic rings. The lowest BCUT2D eigenvalue weighted by molar-refractivity contribution is 0.577. The molecule has 2 N–H and O–H groups in total. The first-order valence-corrected chi connectivity index (χ1v) is 9.67. The number of aromatic nitrogens is 1. The molecule has 1 heterocycles. The Kier molecular flexibility index (Phi) is 7.11. The van der Waals surface area contributed by atoms with E-state index in [0.717, 1.165) is 6.42 Å². The molecule has 0 saturated heterocycles. The van der Waals surface area contributed by atoms with Crippen molar-refractivity contribution in [2.24, 2.45) is 0 Å². The van der Waals surface area contributed by atoms with E-state index in [1.807, 2.05) is 6.92 Å². The minimum atomic E-state index is -3.64. The van der Waals surface area contributed by atoms with Crippen LogP contribution in [-0.2, 0) is 20.8 Å². The Morgan fingerprint density at radius 2 is 2.10 bits per heavy atom. The van der Waals surface area contributed by atoms with Crippen LogP contribution in [0.15, 0.2) is 23.4 Å². The molecule has 1 aromatic heterocycles. The Bertz CT molecular complexity index is 547. The summed E-state index contributed by atoms with van der Waals surface area (Å²) in [5, 5.41) is 3.05. The number of hydrogen-bond donors (Lipinski definition) is 2. The molecule has 0 saturated carbocycles. The summed E-state index contributed by atoms with van der Waals surface area (Å²) in [6.45, 7) is 2.94. The number of hydrogen-bond acceptors (Lipinski definition) is 5. The average Bonchev–Trinajstić information content (AvgIpc) is 2.41. The smallest absolute Gasteiger partial charge is 0.260 e. The molecule has 6 nitrogen and oxygen atoms in total. The maximum atomic E-state index is 12.2. The normalized spacial score (nSPS) is 13.1. The zero-order valence-corrected chi connectivity index (χ0v) is 13.4. The first kappa shape index (κ1) is 17.1. The summed E-state index contributed by atoms with van der Waals surface area (Å²) < 4.78 is 37.7. The molecule has 0 aliphatic heterocycles. The third-order valence-corrected chi connectivity index (χ3v) is 4.77. The Hall–Kier alpha value is -0.990. The molecule has 0 bridgehead atoms. The van der Waals surface area contributed by atoms with Crippen molar-refractivity contribution in [1.82, 2.24) is 9.71 Å². The van der Waals surface area contributed by atoms with Gasteiger partial charge in [-0.25, -0.2) is 18.1 Å². The SMILES string of the molecule is CCCNc1cccnc1S(=O)(=O)NCCCS(C)=O. The van der Waals surface area contributed by atoms with Gasteiger partial charge in [0.05, 0.1) is 5.69 Å². The highest BCUT2D eigenvalue weighted by Gasteiger charge is 2.19. The summed E-state index contributed by atoms with van der Waals surface area (Å²) in [5.41, 5.74) is 0.501. The van der Waals surface area contributed by atoms with Crippen LogP contribution >= 0.6 is 0 Å². The topological polar surface area (TPSA) is 88.2 Å². The highest BCUT2D eigenvalue weighted by Crippen LogP contribution is 2.17. The van der Waals surface area contributed by atoms with E-state index in [2.05, 4.69) is 15.0 Å². The van der Waals surface area contributed by atoms with Crippen molar-refractivity contribution in [3.05, 3.63) is 18.3 Å². The average molecular weight is 319 g/mol. The summed E-state index contributed by atoms with van der Waals surface area (Å²) in [5.74, 6) is 0.478. The van der Waals surface area contributed by atoms with E-state index in [1.54, 1.807) is 18.4 Å². The van der Waals surface area contributed by atoms with Crippen molar-refractivity contribution < 1.29 is 12.6 Å². The maximum absolute atomic E-state index is 12.2. The first-order chi connectivity index (χ1) is 9.47. The van der Waals surface area contributed by atoms with E-state index >= 15 is 0 Å². The monoisotopic (exact) mass is 319 g/mol. The van der Waals surface area contributed by atoms with Crippen LogP contribution in [0.25, 0.3) is 0 Å². The van der Waals surface area contributed by atoms with Crippen LogP contribution in [0.4, 0.5) is 5.69 Å². The minimum Gasteiger partial charge on any atom is -0.383 e. The highest BCUT2D eigenvalue weighted by atomic mass is 32.2. The Balaban J connectivity index is 2.73. The van der Waals surface area contributed by atoms with E-state index in [1.165, 1.54) is 6.20 Å². The summed E-state index contributed by atoms with van der Waals surface area (Å²) in [4.78, 5) is 3.94. The molecule has 0 amide bonds. The third kappa shape index (κ3) is 5.56. The lowest BCUT2D eigenvalue weighted by Gasteiger charge is -2.11. The van der Waals surface area contributed by atoms with E-state index in [-0.39, 0.29) is 11.6 Å². The maximum Gasteiger partial charge on any atom is 0.260 e. The molecule has 0 aromatic carbocycles. The standard InChI is InChI=1S/C12H21N3O3S2/c1-3-7-13-11-6-4-8-14-12(11)20(17,18)15-9-5-10-19(2)16/h4,6,8,13,15H,3,5,7,9-10H2,1-2H3. The van der Waals surface area contributed by atoms with Gasteiger partial charge in [-0.05, 0) is 25.0 Å². The van der Waals surface area contributed by atoms with Gasteiger partial charge in [0, 0.05) is 42.1 Å². The van der Waals surface area contributed by atoms with Gasteiger partial charge in [-0.15, -0.1) is 0 Å². The summed E-state index contributed by atoms with van der Waals surface area (Å²) in [6.07, 6.45) is 4.48. The number of rotatable bonds is 9. The summed E-state index contributed by atoms with van der Waals surface area (Å²) in [7, 11) is -4.55. The summed E-state index contributed by atoms with van der Waals surface area (Å²) in [6, 6.07) is 3.38. The second-order valence-electron chi connectivity index (χ2n) is 4.31. The fourth-order valence-corrected chi connectivity index (χ4v) is 3.28. The molecule has 8 heteroatoms. The Labute approximate surface area is 122 Å². The lowest BCUT2D eigenvalue weighted by Crippen LogP contribution is -2.27. The Morgan fingerprint density at radius 3 is 2.75 bits per heavy atom. The van der Waals surface area contributed by atoms with Gasteiger partial charge in [-0.2, -0.15) is 0 Å². The van der Waals surface area contributed by atoms with Crippen LogP contribution in [0.1, 0.15) is 19.8 Å². The van der Waals surface area contributed by atoms with Gasteiger partial charge in [0.25, 0.3) is 10.0 Å². The number of nitrogens with one attached hydrogen (secondary N) is 2. The number of nitrogens with zero attached hydrogens (tertiary/aromatic N) is 1. The minimum absolute atomic E-state index is 0.00562. The molecule has 1 rings (SSSR count). The number of sulfonamides is 1. The molecule has 0 aliphatic carbocycles. The van der Waals surface area contributed by atoms with E-state index in [0.29, 0.717) is 24.4 Å². The molecular formula is C12H21N3O3S2. The van der Waals surface area contributed by atoms with Crippen LogP contribution in [0.5, 0.6) is 0 Å². The molecule has 0 aliphatic rings. The quantitative estimate of drug-likeness (QED) is 0.662. The van der Waals surface area contributed by atoms with Crippen molar-refractivity contribution in [2.75, 3.05) is 30.4 Å². The third-order valence-electron chi connectivity index (χ3n) is 2.49. The molecular weight excluding hydrogens is 298 g/mol. The van der Waals surface area contributed by atoms with Gasteiger partial charge in [-0.3, -0.25) is 4.21 Å². The lowest BCUT2D eigenvalue weighted by atomic mass is 10.4. The van der Waals surface area contributed by atoms with Crippen molar-refractivity contribution in [1.29, 1.82) is 0 Å². The predicted molar refractivity (Wildman–Crippen MR) is 81.8 cm³/mol. The number of pyridine rings is 1. The van der Waals surface area contributed by atoms with Crippen LogP contribution in [-0.4, -0.2) is 42.7 Å². The fourth-order valence-electron chi connectivity index (χ4n) is 1.55. The zero-order chi connectivity index (χ0) is 15.0. The zero-order valence-electron chi connectivity index (χ0n) is 11.8. The van der Waals surface area contributed by atoms with Gasteiger partial charge in [0.15, 0.2) is 5.03 Å². The van der Waals surface area contributed by atoms with E-state index in [4.69, 9.17) is 0 Å². The van der Waals surface area contributed by atoms with Crippen molar-refractivity contribution in [2.45, 2.75) is 24.8 Å². The van der Waals surface area contributed by atoms with Gasteiger partial charge in [0.2, 0.25) is 0 Å². The molecule has 1 atom stereocenters. The van der Waals surface area contributed by atoms with Crippen LogP contribution in [0.2, 0.25) is 0 Å². The summed E-state index contributed by atoms with van der Waals surface area (Å²) >= 11 is 0. The second kappa shape index (κ2) is 8.33.